The van der Waals surface area contributed by atoms with Crippen LogP contribution in [-0.2, 0) is 4.79 Å². The fourth-order valence-corrected chi connectivity index (χ4v) is 2.55. The molecular formula is C13H25N3O2. The van der Waals surface area contributed by atoms with Crippen LogP contribution in [0.25, 0.3) is 0 Å². The third kappa shape index (κ3) is 4.55. The number of amidine groups is 1. The quantitative estimate of drug-likeness (QED) is 0.259. The molecule has 5 nitrogen and oxygen atoms in total. The third-order valence-corrected chi connectivity index (χ3v) is 3.49. The second-order valence-electron chi connectivity index (χ2n) is 5.04. The molecule has 0 heterocycles. The molecule has 104 valence electrons. The Kier molecular flexibility index (Phi) is 6.54. The molecule has 0 bridgehead atoms. The highest BCUT2D eigenvalue weighted by atomic mass is 16.4. The molecule has 5 heteroatoms. The highest BCUT2D eigenvalue weighted by molar-refractivity contribution is 5.87. The van der Waals surface area contributed by atoms with Crippen LogP contribution in [0.1, 0.15) is 51.9 Å². The lowest BCUT2D eigenvalue weighted by atomic mass is 9.98. The highest BCUT2D eigenvalue weighted by Gasteiger charge is 2.25. The van der Waals surface area contributed by atoms with Crippen molar-refractivity contribution in [2.45, 2.75) is 51.9 Å². The van der Waals surface area contributed by atoms with Crippen molar-refractivity contribution >= 4 is 11.7 Å². The van der Waals surface area contributed by atoms with Crippen LogP contribution in [0.3, 0.4) is 0 Å². The molecule has 0 aromatic heterocycles. The molecule has 18 heavy (non-hydrogen) atoms. The lowest BCUT2D eigenvalue weighted by Gasteiger charge is -2.26. The molecule has 0 unspecified atom stereocenters. The van der Waals surface area contributed by atoms with Crippen molar-refractivity contribution in [3.05, 3.63) is 0 Å². The van der Waals surface area contributed by atoms with E-state index in [1.165, 1.54) is 12.8 Å². The first-order valence-corrected chi connectivity index (χ1v) is 6.94. The lowest BCUT2D eigenvalue weighted by Crippen LogP contribution is -2.42. The maximum atomic E-state index is 12.4. The fourth-order valence-electron chi connectivity index (χ4n) is 2.55. The molecule has 1 rings (SSSR count). The van der Waals surface area contributed by atoms with E-state index < -0.39 is 0 Å². The number of amides is 1. The van der Waals surface area contributed by atoms with E-state index in [-0.39, 0.29) is 24.2 Å². The maximum absolute atomic E-state index is 12.4. The zero-order valence-electron chi connectivity index (χ0n) is 11.3. The van der Waals surface area contributed by atoms with E-state index in [0.717, 1.165) is 32.1 Å². The number of nitrogens with two attached hydrogens (primary N) is 1. The van der Waals surface area contributed by atoms with E-state index in [4.69, 9.17) is 10.9 Å². The molecule has 0 aromatic rings. The summed E-state index contributed by atoms with van der Waals surface area (Å²) in [6, 6.07) is 0. The van der Waals surface area contributed by atoms with E-state index in [1.807, 2.05) is 6.92 Å². The van der Waals surface area contributed by atoms with E-state index in [1.54, 1.807) is 4.90 Å². The van der Waals surface area contributed by atoms with Gasteiger partial charge in [0.15, 0.2) is 5.84 Å². The summed E-state index contributed by atoms with van der Waals surface area (Å²) in [6.07, 6.45) is 7.59. The van der Waals surface area contributed by atoms with Crippen LogP contribution in [0.5, 0.6) is 0 Å². The predicted octanol–water partition coefficient (Wildman–Crippen LogP) is 1.94. The summed E-state index contributed by atoms with van der Waals surface area (Å²) >= 11 is 0. The Balaban J connectivity index is 2.61. The van der Waals surface area contributed by atoms with E-state index in [0.29, 0.717) is 6.54 Å². The van der Waals surface area contributed by atoms with Crippen molar-refractivity contribution in [2.24, 2.45) is 16.8 Å². The van der Waals surface area contributed by atoms with E-state index >= 15 is 0 Å². The molecule has 3 N–H and O–H groups in total. The normalized spacial score (nSPS) is 18.4. The summed E-state index contributed by atoms with van der Waals surface area (Å²) in [4.78, 5) is 14.2. The van der Waals surface area contributed by atoms with Gasteiger partial charge in [-0.15, -0.1) is 0 Å². The van der Waals surface area contributed by atoms with Crippen molar-refractivity contribution in [1.82, 2.24) is 4.90 Å². The highest BCUT2D eigenvalue weighted by Crippen LogP contribution is 2.24. The number of carbonyl (C=O) groups is 1. The van der Waals surface area contributed by atoms with Crippen LogP contribution in [0.2, 0.25) is 0 Å². The molecule has 1 aliphatic rings. The Morgan fingerprint density at radius 3 is 2.44 bits per heavy atom. The molecule has 0 atom stereocenters. The first-order chi connectivity index (χ1) is 8.69. The summed E-state index contributed by atoms with van der Waals surface area (Å²) in [5.41, 5.74) is 5.51. The molecule has 0 saturated heterocycles. The van der Waals surface area contributed by atoms with Gasteiger partial charge in [0.05, 0.1) is 6.54 Å². The second-order valence-corrected chi connectivity index (χ2v) is 5.04. The predicted molar refractivity (Wildman–Crippen MR) is 71.5 cm³/mol. The zero-order chi connectivity index (χ0) is 13.4. The molecule has 0 radical (unpaired) electrons. The van der Waals surface area contributed by atoms with Gasteiger partial charge < -0.3 is 15.8 Å². The molecular weight excluding hydrogens is 230 g/mol. The van der Waals surface area contributed by atoms with Crippen LogP contribution < -0.4 is 5.73 Å². The van der Waals surface area contributed by atoms with Crippen molar-refractivity contribution < 1.29 is 10.0 Å². The average molecular weight is 255 g/mol. The van der Waals surface area contributed by atoms with Crippen LogP contribution in [0, 0.1) is 5.92 Å². The second kappa shape index (κ2) is 7.95. The Bertz CT molecular complexity index is 284. The summed E-state index contributed by atoms with van der Waals surface area (Å²) in [5.74, 6) is 0.404. The summed E-state index contributed by atoms with van der Waals surface area (Å²) in [6.45, 7) is 2.94. The standard InChI is InChI=1S/C13H25N3O2/c1-2-9-16(10-12(14)15-18)13(17)11-7-5-3-4-6-8-11/h11,18H,2-10H2,1H3,(H2,14,15). The number of carbonyl (C=O) groups excluding carboxylic acids is 1. The molecule has 0 aromatic carbocycles. The van der Waals surface area contributed by atoms with Gasteiger partial charge in [-0.2, -0.15) is 0 Å². The Morgan fingerprint density at radius 2 is 1.94 bits per heavy atom. The minimum atomic E-state index is 0.102. The summed E-state index contributed by atoms with van der Waals surface area (Å²) < 4.78 is 0. The van der Waals surface area contributed by atoms with Gasteiger partial charge in [-0.1, -0.05) is 37.8 Å². The summed E-state index contributed by atoms with van der Waals surface area (Å²) in [5, 5.41) is 11.6. The average Bonchev–Trinajstić information content (AvgIpc) is 2.66. The smallest absolute Gasteiger partial charge is 0.226 e. The van der Waals surface area contributed by atoms with Crippen molar-refractivity contribution in [3.8, 4) is 0 Å². The SMILES string of the molecule is CCCN(CC(N)=NO)C(=O)C1CCCCCC1. The van der Waals surface area contributed by atoms with Gasteiger partial charge >= 0.3 is 0 Å². The van der Waals surface area contributed by atoms with Crippen LogP contribution >= 0.6 is 0 Å². The molecule has 1 saturated carbocycles. The van der Waals surface area contributed by atoms with Crippen LogP contribution in [0.4, 0.5) is 0 Å². The monoisotopic (exact) mass is 255 g/mol. The van der Waals surface area contributed by atoms with Crippen molar-refractivity contribution in [3.63, 3.8) is 0 Å². The van der Waals surface area contributed by atoms with Gasteiger partial charge in [0.2, 0.25) is 5.91 Å². The minimum Gasteiger partial charge on any atom is -0.409 e. The topological polar surface area (TPSA) is 78.9 Å². The number of rotatable bonds is 5. The Labute approximate surface area is 109 Å². The Morgan fingerprint density at radius 1 is 1.33 bits per heavy atom. The van der Waals surface area contributed by atoms with Gasteiger partial charge in [0.25, 0.3) is 0 Å². The van der Waals surface area contributed by atoms with Gasteiger partial charge in [-0.3, -0.25) is 4.79 Å². The van der Waals surface area contributed by atoms with Gasteiger partial charge in [0, 0.05) is 12.5 Å². The lowest BCUT2D eigenvalue weighted by molar-refractivity contribution is -0.135. The zero-order valence-corrected chi connectivity index (χ0v) is 11.3. The first-order valence-electron chi connectivity index (χ1n) is 6.94. The van der Waals surface area contributed by atoms with Gasteiger partial charge in [0.1, 0.15) is 0 Å². The van der Waals surface area contributed by atoms with Gasteiger partial charge in [-0.05, 0) is 19.3 Å². The maximum Gasteiger partial charge on any atom is 0.226 e. The molecule has 1 amide bonds. The molecule has 1 fully saturated rings. The van der Waals surface area contributed by atoms with Gasteiger partial charge in [-0.25, -0.2) is 0 Å². The number of hydrogen-bond donors (Lipinski definition) is 2. The third-order valence-electron chi connectivity index (χ3n) is 3.49. The number of nitrogens with zero attached hydrogens (tertiary/aromatic N) is 2. The molecule has 0 aliphatic heterocycles. The van der Waals surface area contributed by atoms with Crippen LogP contribution in [-0.4, -0.2) is 34.9 Å². The van der Waals surface area contributed by atoms with E-state index in [2.05, 4.69) is 5.16 Å². The van der Waals surface area contributed by atoms with Crippen LogP contribution in [0.15, 0.2) is 5.16 Å². The van der Waals surface area contributed by atoms with Crippen molar-refractivity contribution in [2.75, 3.05) is 13.1 Å². The number of oxime groups is 1. The Hall–Kier alpha value is -1.26. The van der Waals surface area contributed by atoms with Crippen molar-refractivity contribution in [1.29, 1.82) is 0 Å². The molecule has 1 aliphatic carbocycles. The fraction of sp³-hybridized carbons (Fsp3) is 0.846. The van der Waals surface area contributed by atoms with E-state index in [9.17, 15) is 4.79 Å². The first kappa shape index (κ1) is 14.8. The number of hydrogen-bond acceptors (Lipinski definition) is 3. The molecule has 0 spiro atoms. The minimum absolute atomic E-state index is 0.102. The largest absolute Gasteiger partial charge is 0.409 e. The summed E-state index contributed by atoms with van der Waals surface area (Å²) in [7, 11) is 0.